The molecule has 7 heteroatoms. The number of carbonyl (C=O) groups is 1. The number of nitrogens with zero attached hydrogens (tertiary/aromatic N) is 1. The first-order valence-corrected chi connectivity index (χ1v) is 6.70. The number of nitro benzene ring substituents is 1. The summed E-state index contributed by atoms with van der Waals surface area (Å²) in [5.41, 5.74) is -0.198. The van der Waals surface area contributed by atoms with Crippen LogP contribution in [0.15, 0.2) is 40.9 Å². The second kappa shape index (κ2) is 6.01. The lowest BCUT2D eigenvalue weighted by atomic mass is 10.1. The van der Waals surface area contributed by atoms with E-state index in [-0.39, 0.29) is 16.8 Å². The number of benzene rings is 2. The summed E-state index contributed by atoms with van der Waals surface area (Å²) in [5.74, 6) is -1.52. The Morgan fingerprint density at radius 1 is 1.33 bits per heavy atom. The number of para-hydroxylation sites is 1. The maximum atomic E-state index is 14.0. The predicted molar refractivity (Wildman–Crippen MR) is 79.9 cm³/mol. The van der Waals surface area contributed by atoms with E-state index < -0.39 is 16.6 Å². The number of hydrogen-bond donors (Lipinski definition) is 1. The zero-order valence-corrected chi connectivity index (χ0v) is 12.5. The first kappa shape index (κ1) is 15.1. The molecule has 0 aliphatic rings. The summed E-state index contributed by atoms with van der Waals surface area (Å²) < 4.78 is 14.6. The maximum absolute atomic E-state index is 14.0. The van der Waals surface area contributed by atoms with Crippen LogP contribution < -0.4 is 5.32 Å². The van der Waals surface area contributed by atoms with E-state index in [1.165, 1.54) is 6.92 Å². The van der Waals surface area contributed by atoms with Gasteiger partial charge in [0.25, 0.3) is 11.6 Å². The van der Waals surface area contributed by atoms with Gasteiger partial charge in [-0.3, -0.25) is 14.9 Å². The highest BCUT2D eigenvalue weighted by molar-refractivity contribution is 9.10. The third-order valence-corrected chi connectivity index (χ3v) is 3.51. The van der Waals surface area contributed by atoms with Crippen molar-refractivity contribution in [2.45, 2.75) is 6.92 Å². The van der Waals surface area contributed by atoms with Crippen LogP contribution in [0.25, 0.3) is 0 Å². The fourth-order valence-corrected chi connectivity index (χ4v) is 2.16. The van der Waals surface area contributed by atoms with Gasteiger partial charge in [0.1, 0.15) is 5.82 Å². The van der Waals surface area contributed by atoms with Gasteiger partial charge in [-0.25, -0.2) is 4.39 Å². The first-order valence-electron chi connectivity index (χ1n) is 5.90. The Morgan fingerprint density at radius 3 is 2.62 bits per heavy atom. The van der Waals surface area contributed by atoms with Crippen molar-refractivity contribution in [1.29, 1.82) is 0 Å². The number of carbonyl (C=O) groups excluding carboxylic acids is 1. The molecular weight excluding hydrogens is 343 g/mol. The van der Waals surface area contributed by atoms with Gasteiger partial charge in [0.05, 0.1) is 16.2 Å². The molecule has 0 atom stereocenters. The summed E-state index contributed by atoms with van der Waals surface area (Å²) in [7, 11) is 0. The molecule has 2 aromatic rings. The minimum atomic E-state index is -0.773. The number of nitro groups is 1. The molecular formula is C14H10BrFN2O3. The molecule has 2 rings (SSSR count). The number of non-ortho nitro benzene ring substituents is 1. The summed E-state index contributed by atoms with van der Waals surface area (Å²) in [4.78, 5) is 22.3. The van der Waals surface area contributed by atoms with E-state index in [1.54, 1.807) is 24.3 Å². The van der Waals surface area contributed by atoms with Crippen LogP contribution >= 0.6 is 15.9 Å². The third kappa shape index (κ3) is 3.25. The minimum absolute atomic E-state index is 0.0430. The van der Waals surface area contributed by atoms with Crippen LogP contribution in [0, 0.1) is 22.9 Å². The predicted octanol–water partition coefficient (Wildman–Crippen LogP) is 4.06. The molecule has 108 valence electrons. The lowest BCUT2D eigenvalue weighted by Crippen LogP contribution is -2.15. The number of rotatable bonds is 3. The summed E-state index contributed by atoms with van der Waals surface area (Å²) in [5, 5.41) is 13.3. The van der Waals surface area contributed by atoms with Crippen LogP contribution in [0.5, 0.6) is 0 Å². The molecule has 0 aromatic heterocycles. The van der Waals surface area contributed by atoms with Crippen LogP contribution in [0.3, 0.4) is 0 Å². The Morgan fingerprint density at radius 2 is 2.00 bits per heavy atom. The molecule has 0 saturated heterocycles. The highest BCUT2D eigenvalue weighted by atomic mass is 79.9. The zero-order chi connectivity index (χ0) is 15.6. The largest absolute Gasteiger partial charge is 0.321 e. The molecule has 0 unspecified atom stereocenters. The van der Waals surface area contributed by atoms with Gasteiger partial charge in [-0.15, -0.1) is 0 Å². The molecule has 0 radical (unpaired) electrons. The van der Waals surface area contributed by atoms with Gasteiger partial charge in [0.15, 0.2) is 0 Å². The number of halogens is 2. The van der Waals surface area contributed by atoms with Gasteiger partial charge in [-0.2, -0.15) is 0 Å². The SMILES string of the molecule is Cc1cc([N+](=O)[O-])cc(C(=O)Nc2ccccc2Br)c1F. The third-order valence-electron chi connectivity index (χ3n) is 2.82. The van der Waals surface area contributed by atoms with E-state index in [1.807, 2.05) is 0 Å². The summed E-state index contributed by atoms with van der Waals surface area (Å²) in [6.45, 7) is 1.37. The number of anilines is 1. The number of hydrogen-bond acceptors (Lipinski definition) is 3. The van der Waals surface area contributed by atoms with Crippen molar-refractivity contribution in [2.75, 3.05) is 5.32 Å². The van der Waals surface area contributed by atoms with E-state index in [0.29, 0.717) is 10.2 Å². The van der Waals surface area contributed by atoms with Crippen molar-refractivity contribution >= 4 is 33.2 Å². The van der Waals surface area contributed by atoms with Crippen LogP contribution in [0.2, 0.25) is 0 Å². The van der Waals surface area contributed by atoms with E-state index in [9.17, 15) is 19.3 Å². The second-order valence-electron chi connectivity index (χ2n) is 4.32. The lowest BCUT2D eigenvalue weighted by molar-refractivity contribution is -0.385. The molecule has 0 bridgehead atoms. The molecule has 0 heterocycles. The second-order valence-corrected chi connectivity index (χ2v) is 5.17. The number of aryl methyl sites for hydroxylation is 1. The van der Waals surface area contributed by atoms with Crippen molar-refractivity contribution in [3.8, 4) is 0 Å². The Labute approximate surface area is 128 Å². The standard InChI is InChI=1S/C14H10BrFN2O3/c1-8-6-9(18(20)21)7-10(13(8)16)14(19)17-12-5-3-2-4-11(12)15/h2-7H,1H3,(H,17,19). The smallest absolute Gasteiger partial charge is 0.270 e. The summed E-state index contributed by atoms with van der Waals surface area (Å²) in [6, 6.07) is 8.82. The lowest BCUT2D eigenvalue weighted by Gasteiger charge is -2.09. The molecule has 0 spiro atoms. The van der Waals surface area contributed by atoms with Gasteiger partial charge in [-0.1, -0.05) is 12.1 Å². The normalized spacial score (nSPS) is 10.2. The maximum Gasteiger partial charge on any atom is 0.270 e. The fourth-order valence-electron chi connectivity index (χ4n) is 1.77. The van der Waals surface area contributed by atoms with Crippen molar-refractivity contribution in [3.05, 3.63) is 67.9 Å². The summed E-state index contributed by atoms with van der Waals surface area (Å²) in [6.07, 6.45) is 0. The quantitative estimate of drug-likeness (QED) is 0.668. The highest BCUT2D eigenvalue weighted by Gasteiger charge is 2.20. The molecule has 21 heavy (non-hydrogen) atoms. The van der Waals surface area contributed by atoms with E-state index in [0.717, 1.165) is 12.1 Å². The van der Waals surface area contributed by atoms with E-state index in [4.69, 9.17) is 0 Å². The fraction of sp³-hybridized carbons (Fsp3) is 0.0714. The van der Waals surface area contributed by atoms with Gasteiger partial charge in [-0.05, 0) is 40.5 Å². The van der Waals surface area contributed by atoms with Crippen LogP contribution in [-0.2, 0) is 0 Å². The van der Waals surface area contributed by atoms with Gasteiger partial charge < -0.3 is 5.32 Å². The monoisotopic (exact) mass is 352 g/mol. The molecule has 2 aromatic carbocycles. The van der Waals surface area contributed by atoms with Crippen molar-refractivity contribution in [3.63, 3.8) is 0 Å². The Bertz CT molecular complexity index is 734. The average molecular weight is 353 g/mol. The first-order chi connectivity index (χ1) is 9.90. The Kier molecular flexibility index (Phi) is 4.32. The minimum Gasteiger partial charge on any atom is -0.321 e. The van der Waals surface area contributed by atoms with Crippen LogP contribution in [-0.4, -0.2) is 10.8 Å². The van der Waals surface area contributed by atoms with Crippen molar-refractivity contribution in [2.24, 2.45) is 0 Å². The Balaban J connectivity index is 2.39. The number of amides is 1. The molecule has 1 amide bonds. The van der Waals surface area contributed by atoms with Crippen molar-refractivity contribution < 1.29 is 14.1 Å². The highest BCUT2D eigenvalue weighted by Crippen LogP contribution is 2.25. The molecule has 0 aliphatic heterocycles. The topological polar surface area (TPSA) is 72.2 Å². The van der Waals surface area contributed by atoms with Crippen molar-refractivity contribution in [1.82, 2.24) is 0 Å². The van der Waals surface area contributed by atoms with Gasteiger partial charge in [0.2, 0.25) is 0 Å². The van der Waals surface area contributed by atoms with Gasteiger partial charge in [0, 0.05) is 16.6 Å². The van der Waals surface area contributed by atoms with Gasteiger partial charge >= 0.3 is 0 Å². The molecule has 1 N–H and O–H groups in total. The van der Waals surface area contributed by atoms with E-state index in [2.05, 4.69) is 21.2 Å². The van der Waals surface area contributed by atoms with E-state index >= 15 is 0 Å². The zero-order valence-electron chi connectivity index (χ0n) is 10.9. The molecule has 0 aliphatic carbocycles. The van der Waals surface area contributed by atoms with Crippen LogP contribution in [0.1, 0.15) is 15.9 Å². The molecule has 0 fully saturated rings. The summed E-state index contributed by atoms with van der Waals surface area (Å²) >= 11 is 3.25. The number of nitrogens with one attached hydrogen (secondary N) is 1. The van der Waals surface area contributed by atoms with Crippen LogP contribution in [0.4, 0.5) is 15.8 Å². The molecule has 0 saturated carbocycles. The Hall–Kier alpha value is -2.28. The molecule has 5 nitrogen and oxygen atoms in total. The average Bonchev–Trinajstić information content (AvgIpc) is 2.43.